The lowest BCUT2D eigenvalue weighted by molar-refractivity contribution is -0.116. The van der Waals surface area contributed by atoms with Crippen LogP contribution >= 0.6 is 0 Å². The first-order valence-electron chi connectivity index (χ1n) is 9.53. The summed E-state index contributed by atoms with van der Waals surface area (Å²) >= 11 is 0. The molecule has 140 valence electrons. The molecule has 0 saturated carbocycles. The summed E-state index contributed by atoms with van der Waals surface area (Å²) in [5.41, 5.74) is 6.13. The lowest BCUT2D eigenvalue weighted by Gasteiger charge is -2.23. The van der Waals surface area contributed by atoms with Crippen LogP contribution in [0.1, 0.15) is 52.0 Å². The number of benzene rings is 2. The molecule has 0 heterocycles. The Kier molecular flexibility index (Phi) is 8.00. The fraction of sp³-hybridized carbons (Fsp3) is 0.409. The van der Waals surface area contributed by atoms with E-state index in [1.165, 1.54) is 31.2 Å². The van der Waals surface area contributed by atoms with E-state index >= 15 is 0 Å². The second-order valence-electron chi connectivity index (χ2n) is 6.40. The fourth-order valence-electron chi connectivity index (χ4n) is 2.84. The summed E-state index contributed by atoms with van der Waals surface area (Å²) in [5, 5.41) is 1.56. The number of hydrazine groups is 1. The molecule has 1 amide bonds. The molecule has 2 aromatic rings. The number of aryl methyl sites for hydroxylation is 1. The Hall–Kier alpha value is -2.49. The number of unbranched alkanes of at least 4 members (excludes halogenated alkanes) is 3. The minimum atomic E-state index is -0.0671. The maximum Gasteiger partial charge on any atom is 0.242 e. The molecule has 26 heavy (non-hydrogen) atoms. The van der Waals surface area contributed by atoms with Crippen LogP contribution in [-0.2, 0) is 11.2 Å². The maximum absolute atomic E-state index is 12.1. The van der Waals surface area contributed by atoms with E-state index in [0.717, 1.165) is 23.5 Å². The van der Waals surface area contributed by atoms with Crippen molar-refractivity contribution in [2.24, 2.45) is 0 Å². The van der Waals surface area contributed by atoms with Gasteiger partial charge in [-0.3, -0.25) is 10.2 Å². The van der Waals surface area contributed by atoms with Gasteiger partial charge in [-0.15, -0.1) is 0 Å². The topological polar surface area (TPSA) is 41.6 Å². The molecule has 0 aliphatic rings. The molecule has 0 radical (unpaired) electrons. The fourth-order valence-corrected chi connectivity index (χ4v) is 2.84. The molecule has 4 nitrogen and oxygen atoms in total. The lowest BCUT2D eigenvalue weighted by Crippen LogP contribution is -2.34. The first kappa shape index (κ1) is 19.8. The minimum Gasteiger partial charge on any atom is -0.494 e. The number of nitrogens with zero attached hydrogens (tertiary/aromatic N) is 1. The van der Waals surface area contributed by atoms with E-state index < -0.39 is 0 Å². The van der Waals surface area contributed by atoms with Crippen LogP contribution < -0.4 is 15.2 Å². The molecule has 4 heteroatoms. The molecular formula is C22H30N2O2. The Morgan fingerprint density at radius 2 is 1.81 bits per heavy atom. The van der Waals surface area contributed by atoms with Crippen LogP contribution in [-0.4, -0.2) is 12.5 Å². The third-order valence-electron chi connectivity index (χ3n) is 4.21. The second kappa shape index (κ2) is 10.5. The first-order valence-corrected chi connectivity index (χ1v) is 9.53. The van der Waals surface area contributed by atoms with Crippen LogP contribution in [0.3, 0.4) is 0 Å². The zero-order valence-corrected chi connectivity index (χ0v) is 16.1. The van der Waals surface area contributed by atoms with E-state index in [1.807, 2.05) is 43.3 Å². The number of anilines is 2. The first-order chi connectivity index (χ1) is 12.6. The van der Waals surface area contributed by atoms with Gasteiger partial charge in [0, 0.05) is 13.0 Å². The van der Waals surface area contributed by atoms with Gasteiger partial charge in [-0.25, -0.2) is 5.01 Å². The van der Waals surface area contributed by atoms with Gasteiger partial charge in [-0.05, 0) is 49.6 Å². The standard InChI is InChI=1S/C22H30N2O2/c1-4-6-7-8-10-19-13-15-21(16-14-19)24(18(3)25)23-20-11-9-12-22(17-20)26-5-2/h9,11-17,23H,4-8,10H2,1-3H3. The van der Waals surface area contributed by atoms with E-state index in [0.29, 0.717) is 6.61 Å². The van der Waals surface area contributed by atoms with Gasteiger partial charge in [0.25, 0.3) is 0 Å². The Labute approximate surface area is 157 Å². The van der Waals surface area contributed by atoms with Crippen molar-refractivity contribution in [3.8, 4) is 5.75 Å². The Bertz CT molecular complexity index is 683. The summed E-state index contributed by atoms with van der Waals surface area (Å²) in [6, 6.07) is 15.8. The van der Waals surface area contributed by atoms with Gasteiger partial charge in [0.2, 0.25) is 5.91 Å². The summed E-state index contributed by atoms with van der Waals surface area (Å²) in [5.74, 6) is 0.714. The highest BCUT2D eigenvalue weighted by molar-refractivity contribution is 5.93. The molecule has 2 rings (SSSR count). The molecule has 0 aliphatic heterocycles. The van der Waals surface area contributed by atoms with Crippen LogP contribution in [0.2, 0.25) is 0 Å². The number of hydrogen-bond donors (Lipinski definition) is 1. The third-order valence-corrected chi connectivity index (χ3v) is 4.21. The van der Waals surface area contributed by atoms with Crippen molar-refractivity contribution in [1.82, 2.24) is 0 Å². The normalized spacial score (nSPS) is 10.4. The Morgan fingerprint density at radius 1 is 1.04 bits per heavy atom. The number of carbonyl (C=O) groups is 1. The molecule has 0 spiro atoms. The number of amides is 1. The summed E-state index contributed by atoms with van der Waals surface area (Å²) in [6.45, 7) is 6.34. The van der Waals surface area contributed by atoms with E-state index in [-0.39, 0.29) is 5.91 Å². The molecular weight excluding hydrogens is 324 g/mol. The van der Waals surface area contributed by atoms with Crippen LogP contribution in [0.5, 0.6) is 5.75 Å². The number of ether oxygens (including phenoxy) is 1. The zero-order chi connectivity index (χ0) is 18.8. The molecule has 1 N–H and O–H groups in total. The van der Waals surface area contributed by atoms with Gasteiger partial charge in [0.15, 0.2) is 0 Å². The maximum atomic E-state index is 12.1. The highest BCUT2D eigenvalue weighted by Gasteiger charge is 2.12. The molecule has 0 unspecified atom stereocenters. The highest BCUT2D eigenvalue weighted by atomic mass is 16.5. The van der Waals surface area contributed by atoms with Crippen LogP contribution in [0.4, 0.5) is 11.4 Å². The molecule has 0 aliphatic carbocycles. The van der Waals surface area contributed by atoms with Gasteiger partial charge in [0.05, 0.1) is 18.0 Å². The average molecular weight is 354 g/mol. The van der Waals surface area contributed by atoms with Crippen molar-refractivity contribution < 1.29 is 9.53 Å². The quantitative estimate of drug-likeness (QED) is 0.447. The van der Waals surface area contributed by atoms with Gasteiger partial charge in [-0.2, -0.15) is 0 Å². The predicted molar refractivity (Wildman–Crippen MR) is 109 cm³/mol. The zero-order valence-electron chi connectivity index (χ0n) is 16.1. The summed E-state index contributed by atoms with van der Waals surface area (Å²) < 4.78 is 5.52. The third kappa shape index (κ3) is 6.10. The van der Waals surface area contributed by atoms with Gasteiger partial charge >= 0.3 is 0 Å². The molecule has 0 atom stereocenters. The van der Waals surface area contributed by atoms with Crippen molar-refractivity contribution in [3.63, 3.8) is 0 Å². The monoisotopic (exact) mass is 354 g/mol. The number of nitrogens with one attached hydrogen (secondary N) is 1. The number of carbonyl (C=O) groups excluding carboxylic acids is 1. The van der Waals surface area contributed by atoms with Crippen molar-refractivity contribution in [2.75, 3.05) is 17.0 Å². The minimum absolute atomic E-state index is 0.0671. The number of rotatable bonds is 10. The van der Waals surface area contributed by atoms with Crippen molar-refractivity contribution in [2.45, 2.75) is 52.9 Å². The van der Waals surface area contributed by atoms with Crippen LogP contribution in [0.15, 0.2) is 48.5 Å². The Balaban J connectivity index is 2.05. The Morgan fingerprint density at radius 3 is 2.46 bits per heavy atom. The average Bonchev–Trinajstić information content (AvgIpc) is 2.64. The van der Waals surface area contributed by atoms with E-state index in [2.05, 4.69) is 24.5 Å². The van der Waals surface area contributed by atoms with Gasteiger partial charge in [0.1, 0.15) is 5.75 Å². The molecule has 0 bridgehead atoms. The highest BCUT2D eigenvalue weighted by Crippen LogP contribution is 2.22. The van der Waals surface area contributed by atoms with Gasteiger partial charge in [-0.1, -0.05) is 44.4 Å². The second-order valence-corrected chi connectivity index (χ2v) is 6.40. The lowest BCUT2D eigenvalue weighted by atomic mass is 10.1. The molecule has 2 aromatic carbocycles. The summed E-state index contributed by atoms with van der Waals surface area (Å²) in [6.07, 6.45) is 6.12. The van der Waals surface area contributed by atoms with E-state index in [4.69, 9.17) is 4.74 Å². The largest absolute Gasteiger partial charge is 0.494 e. The number of hydrogen-bond acceptors (Lipinski definition) is 3. The molecule has 0 saturated heterocycles. The summed E-state index contributed by atoms with van der Waals surface area (Å²) in [4.78, 5) is 12.1. The molecule has 0 fully saturated rings. The van der Waals surface area contributed by atoms with Crippen LogP contribution in [0, 0.1) is 0 Å². The van der Waals surface area contributed by atoms with Crippen LogP contribution in [0.25, 0.3) is 0 Å². The summed E-state index contributed by atoms with van der Waals surface area (Å²) in [7, 11) is 0. The SMILES string of the molecule is CCCCCCc1ccc(N(Nc2cccc(OCC)c2)C(C)=O)cc1. The van der Waals surface area contributed by atoms with E-state index in [1.54, 1.807) is 11.9 Å². The van der Waals surface area contributed by atoms with Gasteiger partial charge < -0.3 is 4.74 Å². The van der Waals surface area contributed by atoms with E-state index in [9.17, 15) is 4.79 Å². The van der Waals surface area contributed by atoms with Crippen molar-refractivity contribution in [3.05, 3.63) is 54.1 Å². The van der Waals surface area contributed by atoms with Crippen molar-refractivity contribution in [1.29, 1.82) is 0 Å². The smallest absolute Gasteiger partial charge is 0.242 e. The van der Waals surface area contributed by atoms with Crippen molar-refractivity contribution >= 4 is 17.3 Å². The predicted octanol–water partition coefficient (Wildman–Crippen LogP) is 5.59. The molecule has 0 aromatic heterocycles.